The maximum atomic E-state index is 13.4. The fourth-order valence-corrected chi connectivity index (χ4v) is 2.45. The molecule has 0 aliphatic carbocycles. The third-order valence-corrected chi connectivity index (χ3v) is 3.86. The molecule has 1 aromatic rings. The first-order valence-electron chi connectivity index (χ1n) is 7.07. The van der Waals surface area contributed by atoms with Gasteiger partial charge in [-0.2, -0.15) is 0 Å². The maximum Gasteiger partial charge on any atom is 0.238 e. The Kier molecular flexibility index (Phi) is 7.08. The number of aryl methyl sites for hydroxylation is 1. The van der Waals surface area contributed by atoms with Crippen molar-refractivity contribution in [1.82, 2.24) is 4.90 Å². The molecule has 0 aromatic heterocycles. The lowest BCUT2D eigenvalue weighted by atomic mass is 9.97. The smallest absolute Gasteiger partial charge is 0.238 e. The summed E-state index contributed by atoms with van der Waals surface area (Å²) in [6.45, 7) is 4.58. The number of halogens is 2. The van der Waals surface area contributed by atoms with Crippen LogP contribution >= 0.6 is 12.4 Å². The summed E-state index contributed by atoms with van der Waals surface area (Å²) in [6.07, 6.45) is 2.09. The highest BCUT2D eigenvalue weighted by Gasteiger charge is 2.19. The van der Waals surface area contributed by atoms with Crippen LogP contribution in [0.25, 0.3) is 0 Å². The average Bonchev–Trinajstić information content (AvgIpc) is 2.44. The molecule has 3 N–H and O–H groups in total. The fraction of sp³-hybridized carbons (Fsp3) is 0.533. The molecule has 0 radical (unpaired) electrons. The summed E-state index contributed by atoms with van der Waals surface area (Å²) in [4.78, 5) is 14.0. The van der Waals surface area contributed by atoms with Crippen LogP contribution in [0.1, 0.15) is 18.4 Å². The maximum absolute atomic E-state index is 13.4. The lowest BCUT2D eigenvalue weighted by Crippen LogP contribution is -2.40. The molecule has 1 aliphatic rings. The molecule has 118 valence electrons. The minimum absolute atomic E-state index is 0. The van der Waals surface area contributed by atoms with Gasteiger partial charge in [0.2, 0.25) is 5.91 Å². The number of amides is 1. The van der Waals surface area contributed by atoms with Crippen molar-refractivity contribution in [2.24, 2.45) is 11.7 Å². The summed E-state index contributed by atoms with van der Waals surface area (Å²) in [6, 6.07) is 4.74. The summed E-state index contributed by atoms with van der Waals surface area (Å²) < 4.78 is 13.4. The molecule has 1 heterocycles. The number of anilines is 1. The number of piperidine rings is 1. The quantitative estimate of drug-likeness (QED) is 0.895. The zero-order chi connectivity index (χ0) is 14.5. The normalized spacial score (nSPS) is 16.3. The number of nitrogens with one attached hydrogen (secondary N) is 1. The third-order valence-electron chi connectivity index (χ3n) is 3.86. The minimum Gasteiger partial charge on any atom is -0.330 e. The highest BCUT2D eigenvalue weighted by Crippen LogP contribution is 2.16. The lowest BCUT2D eigenvalue weighted by Gasteiger charge is -2.30. The van der Waals surface area contributed by atoms with Gasteiger partial charge >= 0.3 is 0 Å². The standard InChI is InChI=1S/C15H22FN3O.ClH/c1-11-2-3-13(8-14(11)16)18-15(20)10-19-6-4-12(9-17)5-7-19;/h2-3,8,12H,4-7,9-10,17H2,1H3,(H,18,20);1H. The first-order valence-corrected chi connectivity index (χ1v) is 7.07. The van der Waals surface area contributed by atoms with Crippen LogP contribution in [0.2, 0.25) is 0 Å². The molecule has 0 saturated carbocycles. The van der Waals surface area contributed by atoms with Gasteiger partial charge in [0.05, 0.1) is 6.54 Å². The molecule has 0 spiro atoms. The van der Waals surface area contributed by atoms with E-state index in [1.54, 1.807) is 19.1 Å². The number of carbonyl (C=O) groups excluding carboxylic acids is 1. The van der Waals surface area contributed by atoms with Crippen molar-refractivity contribution in [1.29, 1.82) is 0 Å². The van der Waals surface area contributed by atoms with Crippen molar-refractivity contribution in [3.05, 3.63) is 29.6 Å². The van der Waals surface area contributed by atoms with Crippen LogP contribution in [0.5, 0.6) is 0 Å². The number of hydrogen-bond donors (Lipinski definition) is 2. The van der Waals surface area contributed by atoms with Crippen molar-refractivity contribution >= 4 is 24.0 Å². The predicted molar refractivity (Wildman–Crippen MR) is 85.2 cm³/mol. The summed E-state index contributed by atoms with van der Waals surface area (Å²) in [5.74, 6) is 0.187. The van der Waals surface area contributed by atoms with E-state index in [1.165, 1.54) is 6.07 Å². The molecule has 1 aromatic carbocycles. The predicted octanol–water partition coefficient (Wildman–Crippen LogP) is 2.17. The largest absolute Gasteiger partial charge is 0.330 e. The summed E-state index contributed by atoms with van der Waals surface area (Å²) in [5, 5.41) is 2.74. The SMILES string of the molecule is Cc1ccc(NC(=O)CN2CCC(CN)CC2)cc1F.Cl. The first-order chi connectivity index (χ1) is 9.58. The molecule has 0 bridgehead atoms. The molecule has 1 amide bonds. The van der Waals surface area contributed by atoms with Crippen LogP contribution in [-0.2, 0) is 4.79 Å². The molecular weight excluding hydrogens is 293 g/mol. The van der Waals surface area contributed by atoms with E-state index in [0.29, 0.717) is 23.7 Å². The molecule has 1 fully saturated rings. The van der Waals surface area contributed by atoms with Crippen LogP contribution in [0.15, 0.2) is 18.2 Å². The highest BCUT2D eigenvalue weighted by molar-refractivity contribution is 5.92. The van der Waals surface area contributed by atoms with Gasteiger partial charge in [-0.3, -0.25) is 9.69 Å². The zero-order valence-electron chi connectivity index (χ0n) is 12.3. The highest BCUT2D eigenvalue weighted by atomic mass is 35.5. The van der Waals surface area contributed by atoms with Crippen molar-refractivity contribution < 1.29 is 9.18 Å². The van der Waals surface area contributed by atoms with Crippen molar-refractivity contribution in [2.75, 3.05) is 31.5 Å². The van der Waals surface area contributed by atoms with E-state index >= 15 is 0 Å². The Morgan fingerprint density at radius 3 is 2.67 bits per heavy atom. The second kappa shape index (κ2) is 8.32. The van der Waals surface area contributed by atoms with Crippen LogP contribution < -0.4 is 11.1 Å². The minimum atomic E-state index is -0.299. The van der Waals surface area contributed by atoms with E-state index in [4.69, 9.17) is 5.73 Å². The van der Waals surface area contributed by atoms with Gasteiger partial charge in [-0.15, -0.1) is 12.4 Å². The van der Waals surface area contributed by atoms with Crippen LogP contribution in [0, 0.1) is 18.7 Å². The van der Waals surface area contributed by atoms with Gasteiger partial charge in [-0.05, 0) is 63.0 Å². The van der Waals surface area contributed by atoms with Crippen LogP contribution in [0.4, 0.5) is 10.1 Å². The lowest BCUT2D eigenvalue weighted by molar-refractivity contribution is -0.117. The number of nitrogens with two attached hydrogens (primary N) is 1. The number of nitrogens with zero attached hydrogens (tertiary/aromatic N) is 1. The summed E-state index contributed by atoms with van der Waals surface area (Å²) in [7, 11) is 0. The molecule has 1 aliphatic heterocycles. The number of rotatable bonds is 4. The van der Waals surface area contributed by atoms with Gasteiger partial charge in [0.1, 0.15) is 5.82 Å². The Balaban J connectivity index is 0.00000220. The van der Waals surface area contributed by atoms with Crippen molar-refractivity contribution in [3.63, 3.8) is 0 Å². The molecule has 21 heavy (non-hydrogen) atoms. The van der Waals surface area contributed by atoms with Gasteiger partial charge in [-0.25, -0.2) is 4.39 Å². The fourth-order valence-electron chi connectivity index (χ4n) is 2.45. The van der Waals surface area contributed by atoms with Crippen LogP contribution in [0.3, 0.4) is 0 Å². The Bertz CT molecular complexity index is 476. The second-order valence-corrected chi connectivity index (χ2v) is 5.47. The third kappa shape index (κ3) is 5.26. The summed E-state index contributed by atoms with van der Waals surface area (Å²) >= 11 is 0. The molecule has 6 heteroatoms. The molecule has 2 rings (SSSR count). The Morgan fingerprint density at radius 2 is 2.10 bits per heavy atom. The van der Waals surface area contributed by atoms with E-state index in [0.717, 1.165) is 32.5 Å². The second-order valence-electron chi connectivity index (χ2n) is 5.47. The van der Waals surface area contributed by atoms with Crippen LogP contribution in [-0.4, -0.2) is 37.0 Å². The van der Waals surface area contributed by atoms with E-state index in [1.807, 2.05) is 0 Å². The Hall–Kier alpha value is -1.17. The molecular formula is C15H23ClFN3O. The van der Waals surface area contributed by atoms with Gasteiger partial charge < -0.3 is 11.1 Å². The monoisotopic (exact) mass is 315 g/mol. The van der Waals surface area contributed by atoms with E-state index in [9.17, 15) is 9.18 Å². The number of hydrogen-bond acceptors (Lipinski definition) is 3. The van der Waals surface area contributed by atoms with E-state index in [-0.39, 0.29) is 24.1 Å². The molecule has 0 unspecified atom stereocenters. The van der Waals surface area contributed by atoms with Gasteiger partial charge in [0.15, 0.2) is 0 Å². The van der Waals surface area contributed by atoms with E-state index in [2.05, 4.69) is 10.2 Å². The van der Waals surface area contributed by atoms with Gasteiger partial charge in [0.25, 0.3) is 0 Å². The Labute approximate surface area is 131 Å². The Morgan fingerprint density at radius 1 is 1.43 bits per heavy atom. The number of carbonyl (C=O) groups is 1. The number of likely N-dealkylation sites (tertiary alicyclic amines) is 1. The van der Waals surface area contributed by atoms with Gasteiger partial charge in [-0.1, -0.05) is 6.07 Å². The molecule has 1 saturated heterocycles. The zero-order valence-corrected chi connectivity index (χ0v) is 13.1. The van der Waals surface area contributed by atoms with Crippen molar-refractivity contribution in [3.8, 4) is 0 Å². The molecule has 4 nitrogen and oxygen atoms in total. The summed E-state index contributed by atoms with van der Waals surface area (Å²) in [5.41, 5.74) is 6.73. The van der Waals surface area contributed by atoms with Gasteiger partial charge in [0, 0.05) is 5.69 Å². The average molecular weight is 316 g/mol. The first kappa shape index (κ1) is 17.9. The van der Waals surface area contributed by atoms with E-state index < -0.39 is 0 Å². The topological polar surface area (TPSA) is 58.4 Å². The molecule has 0 atom stereocenters. The van der Waals surface area contributed by atoms with Crippen molar-refractivity contribution in [2.45, 2.75) is 19.8 Å². The number of benzene rings is 1.